The van der Waals surface area contributed by atoms with Gasteiger partial charge in [0.15, 0.2) is 0 Å². The number of carbonyl (C=O) groups is 1. The molecule has 5 heteroatoms. The molecule has 0 fully saturated rings. The van der Waals surface area contributed by atoms with Crippen molar-refractivity contribution in [2.75, 3.05) is 0 Å². The van der Waals surface area contributed by atoms with E-state index in [0.717, 1.165) is 0 Å². The van der Waals surface area contributed by atoms with E-state index in [4.69, 9.17) is 5.11 Å². The highest BCUT2D eigenvalue weighted by molar-refractivity contribution is 5.88. The Morgan fingerprint density at radius 3 is 2.61 bits per heavy atom. The van der Waals surface area contributed by atoms with Gasteiger partial charge in [-0.05, 0) is 29.3 Å². The lowest BCUT2D eigenvalue weighted by atomic mass is 10.1. The summed E-state index contributed by atoms with van der Waals surface area (Å²) >= 11 is 0. The van der Waals surface area contributed by atoms with Crippen LogP contribution in [0.25, 0.3) is 11.1 Å². The number of rotatable bonds is 2. The summed E-state index contributed by atoms with van der Waals surface area (Å²) in [5, 5.41) is 8.93. The van der Waals surface area contributed by atoms with Crippen LogP contribution in [0.3, 0.4) is 0 Å². The van der Waals surface area contributed by atoms with Gasteiger partial charge in [-0.2, -0.15) is 0 Å². The van der Waals surface area contributed by atoms with Gasteiger partial charge in [0.05, 0.1) is 0 Å². The van der Waals surface area contributed by atoms with E-state index in [1.165, 1.54) is 42.1 Å². The topological polar surface area (TPSA) is 59.3 Å². The Kier molecular flexibility index (Phi) is 2.97. The number of hydrogen-bond donors (Lipinski definition) is 1. The minimum Gasteiger partial charge on any atom is -0.477 e. The summed E-state index contributed by atoms with van der Waals surface area (Å²) in [5.41, 5.74) is 0.0732. The number of hydrogen-bond acceptors (Lipinski definition) is 2. The Hall–Kier alpha value is -2.43. The number of nitrogens with zero attached hydrogens (tertiary/aromatic N) is 1. The standard InChI is InChI=1S/C13H10FNO3/c1-15-7-9(6-11(12(15)16)13(17)18)8-3-2-4-10(14)5-8/h2-7H,1H3,(H,17,18). The highest BCUT2D eigenvalue weighted by atomic mass is 19.1. The molecule has 0 saturated carbocycles. The van der Waals surface area contributed by atoms with Crippen molar-refractivity contribution in [2.45, 2.75) is 0 Å². The molecule has 1 N–H and O–H groups in total. The Morgan fingerprint density at radius 1 is 1.28 bits per heavy atom. The molecule has 0 aliphatic rings. The van der Waals surface area contributed by atoms with Gasteiger partial charge in [0.25, 0.3) is 5.56 Å². The first-order chi connectivity index (χ1) is 8.49. The quantitative estimate of drug-likeness (QED) is 0.881. The zero-order valence-electron chi connectivity index (χ0n) is 9.55. The van der Waals surface area contributed by atoms with Gasteiger partial charge in [0, 0.05) is 13.2 Å². The molecule has 1 aromatic heterocycles. The first-order valence-corrected chi connectivity index (χ1v) is 5.19. The number of pyridine rings is 1. The van der Waals surface area contributed by atoms with Crippen LogP contribution in [-0.4, -0.2) is 15.6 Å². The average Bonchev–Trinajstić information content (AvgIpc) is 2.32. The van der Waals surface area contributed by atoms with Gasteiger partial charge < -0.3 is 9.67 Å². The van der Waals surface area contributed by atoms with Gasteiger partial charge in [0.2, 0.25) is 0 Å². The van der Waals surface area contributed by atoms with E-state index in [-0.39, 0.29) is 5.56 Å². The van der Waals surface area contributed by atoms with E-state index in [2.05, 4.69) is 0 Å². The number of halogens is 1. The fraction of sp³-hybridized carbons (Fsp3) is 0.0769. The van der Waals surface area contributed by atoms with Crippen LogP contribution in [-0.2, 0) is 7.05 Å². The van der Waals surface area contributed by atoms with E-state index in [1.54, 1.807) is 6.07 Å². The van der Waals surface area contributed by atoms with Crippen molar-refractivity contribution in [2.24, 2.45) is 7.05 Å². The van der Waals surface area contributed by atoms with E-state index in [1.807, 2.05) is 0 Å². The summed E-state index contributed by atoms with van der Waals surface area (Å²) in [5.74, 6) is -1.72. The Balaban J connectivity index is 2.66. The molecule has 0 amide bonds. The van der Waals surface area contributed by atoms with Crippen LogP contribution in [0.5, 0.6) is 0 Å². The first-order valence-electron chi connectivity index (χ1n) is 5.19. The number of carboxylic acids is 1. The smallest absolute Gasteiger partial charge is 0.341 e. The third kappa shape index (κ3) is 2.15. The SMILES string of the molecule is Cn1cc(-c2cccc(F)c2)cc(C(=O)O)c1=O. The zero-order chi connectivity index (χ0) is 13.3. The van der Waals surface area contributed by atoms with Crippen LogP contribution in [0.15, 0.2) is 41.3 Å². The maximum absolute atomic E-state index is 13.1. The second-order valence-electron chi connectivity index (χ2n) is 3.87. The van der Waals surface area contributed by atoms with Crippen LogP contribution in [0, 0.1) is 5.82 Å². The minimum absolute atomic E-state index is 0.334. The lowest BCUT2D eigenvalue weighted by Crippen LogP contribution is -2.23. The van der Waals surface area contributed by atoms with Crippen molar-refractivity contribution in [3.05, 3.63) is 58.3 Å². The van der Waals surface area contributed by atoms with Gasteiger partial charge in [-0.3, -0.25) is 4.79 Å². The summed E-state index contributed by atoms with van der Waals surface area (Å²) in [4.78, 5) is 22.5. The molecule has 2 aromatic rings. The molecule has 0 saturated heterocycles. The average molecular weight is 247 g/mol. The fourth-order valence-electron chi connectivity index (χ4n) is 1.69. The maximum atomic E-state index is 13.1. The number of aromatic nitrogens is 1. The molecule has 2 rings (SSSR count). The van der Waals surface area contributed by atoms with Crippen molar-refractivity contribution in [1.82, 2.24) is 4.57 Å². The monoisotopic (exact) mass is 247 g/mol. The Bertz CT molecular complexity index is 676. The molecule has 0 unspecified atom stereocenters. The van der Waals surface area contributed by atoms with Crippen LogP contribution in [0.1, 0.15) is 10.4 Å². The first kappa shape index (κ1) is 12.0. The Labute approximate surface area is 102 Å². The fourth-order valence-corrected chi connectivity index (χ4v) is 1.69. The number of benzene rings is 1. The van der Waals surface area contributed by atoms with Crippen molar-refractivity contribution in [1.29, 1.82) is 0 Å². The number of carboxylic acid groups (broad SMARTS) is 1. The van der Waals surface area contributed by atoms with Gasteiger partial charge in [0.1, 0.15) is 11.4 Å². The molecule has 1 heterocycles. The van der Waals surface area contributed by atoms with Crippen LogP contribution < -0.4 is 5.56 Å². The summed E-state index contributed by atoms with van der Waals surface area (Å²) in [6.07, 6.45) is 1.48. The van der Waals surface area contributed by atoms with Crippen molar-refractivity contribution < 1.29 is 14.3 Å². The van der Waals surface area contributed by atoms with Crippen LogP contribution in [0.2, 0.25) is 0 Å². The summed E-state index contributed by atoms with van der Waals surface area (Å²) in [6, 6.07) is 7.00. The van der Waals surface area contributed by atoms with Gasteiger partial charge in [-0.1, -0.05) is 12.1 Å². The molecule has 1 aromatic carbocycles. The molecule has 0 aliphatic heterocycles. The highest BCUT2D eigenvalue weighted by Crippen LogP contribution is 2.19. The molecule has 0 radical (unpaired) electrons. The van der Waals surface area contributed by atoms with E-state index in [0.29, 0.717) is 11.1 Å². The molecule has 4 nitrogen and oxygen atoms in total. The normalized spacial score (nSPS) is 10.3. The van der Waals surface area contributed by atoms with E-state index in [9.17, 15) is 14.0 Å². The van der Waals surface area contributed by atoms with Crippen molar-refractivity contribution in [3.8, 4) is 11.1 Å². The third-order valence-corrected chi connectivity index (χ3v) is 2.57. The summed E-state index contributed by atoms with van der Waals surface area (Å²) < 4.78 is 14.3. The van der Waals surface area contributed by atoms with Crippen molar-refractivity contribution >= 4 is 5.97 Å². The maximum Gasteiger partial charge on any atom is 0.341 e. The third-order valence-electron chi connectivity index (χ3n) is 2.57. The van der Waals surface area contributed by atoms with Gasteiger partial charge in [-0.25, -0.2) is 9.18 Å². The largest absolute Gasteiger partial charge is 0.477 e. The lowest BCUT2D eigenvalue weighted by Gasteiger charge is -2.06. The van der Waals surface area contributed by atoms with Crippen LogP contribution >= 0.6 is 0 Å². The molecular weight excluding hydrogens is 237 g/mol. The summed E-state index contributed by atoms with van der Waals surface area (Å²) in [6.45, 7) is 0. The molecule has 18 heavy (non-hydrogen) atoms. The molecular formula is C13H10FNO3. The van der Waals surface area contributed by atoms with E-state index >= 15 is 0 Å². The molecule has 92 valence electrons. The van der Waals surface area contributed by atoms with Crippen molar-refractivity contribution in [3.63, 3.8) is 0 Å². The number of aryl methyl sites for hydroxylation is 1. The Morgan fingerprint density at radius 2 is 2.00 bits per heavy atom. The van der Waals surface area contributed by atoms with E-state index < -0.39 is 17.3 Å². The molecule has 0 aliphatic carbocycles. The predicted molar refractivity (Wildman–Crippen MR) is 64.0 cm³/mol. The molecule has 0 bridgehead atoms. The second kappa shape index (κ2) is 4.44. The predicted octanol–water partition coefficient (Wildman–Crippen LogP) is 1.89. The second-order valence-corrected chi connectivity index (χ2v) is 3.87. The molecule has 0 spiro atoms. The zero-order valence-corrected chi connectivity index (χ0v) is 9.55. The van der Waals surface area contributed by atoms with Crippen LogP contribution in [0.4, 0.5) is 4.39 Å². The highest BCUT2D eigenvalue weighted by Gasteiger charge is 2.12. The van der Waals surface area contributed by atoms with Gasteiger partial charge >= 0.3 is 5.97 Å². The summed E-state index contributed by atoms with van der Waals surface area (Å²) in [7, 11) is 1.46. The minimum atomic E-state index is -1.30. The van der Waals surface area contributed by atoms with Gasteiger partial charge in [-0.15, -0.1) is 0 Å². The molecule has 0 atom stereocenters. The lowest BCUT2D eigenvalue weighted by molar-refractivity contribution is 0.0694. The number of aromatic carboxylic acids is 1.